The Kier molecular flexibility index (Phi) is 4.02. The quantitative estimate of drug-likeness (QED) is 0.594. The SMILES string of the molecule is CC(C)C(C)CC(C)(C)C(C)(C)C. The number of rotatable bonds is 3. The van der Waals surface area contributed by atoms with Crippen LogP contribution in [0.1, 0.15) is 61.8 Å². The summed E-state index contributed by atoms with van der Waals surface area (Å²) in [7, 11) is 0. The molecule has 0 aliphatic carbocycles. The second kappa shape index (κ2) is 4.02. The zero-order valence-corrected chi connectivity index (χ0v) is 10.9. The Hall–Kier alpha value is 0. The molecule has 1 unspecified atom stereocenters. The van der Waals surface area contributed by atoms with Crippen molar-refractivity contribution in [2.24, 2.45) is 22.7 Å². The molecule has 0 saturated heterocycles. The molecule has 0 aliphatic heterocycles. The Morgan fingerprint density at radius 1 is 0.846 bits per heavy atom. The molecular formula is C13H28. The highest BCUT2D eigenvalue weighted by molar-refractivity contribution is 4.84. The first-order chi connectivity index (χ1) is 5.58. The van der Waals surface area contributed by atoms with Crippen LogP contribution < -0.4 is 0 Å². The third kappa shape index (κ3) is 3.70. The fourth-order valence-electron chi connectivity index (χ4n) is 1.35. The van der Waals surface area contributed by atoms with Crippen LogP contribution >= 0.6 is 0 Å². The van der Waals surface area contributed by atoms with Crippen LogP contribution in [0.4, 0.5) is 0 Å². The molecule has 0 nitrogen and oxygen atoms in total. The molecule has 0 heterocycles. The van der Waals surface area contributed by atoms with Crippen molar-refractivity contribution >= 4 is 0 Å². The van der Waals surface area contributed by atoms with Crippen molar-refractivity contribution < 1.29 is 0 Å². The van der Waals surface area contributed by atoms with E-state index in [4.69, 9.17) is 0 Å². The van der Waals surface area contributed by atoms with Gasteiger partial charge in [-0.15, -0.1) is 0 Å². The monoisotopic (exact) mass is 184 g/mol. The minimum atomic E-state index is 0.413. The minimum Gasteiger partial charge on any atom is -0.0625 e. The van der Waals surface area contributed by atoms with E-state index >= 15 is 0 Å². The maximum absolute atomic E-state index is 2.39. The van der Waals surface area contributed by atoms with Crippen LogP contribution in [0.5, 0.6) is 0 Å². The zero-order valence-electron chi connectivity index (χ0n) is 10.9. The molecule has 0 N–H and O–H groups in total. The third-order valence-electron chi connectivity index (χ3n) is 4.00. The van der Waals surface area contributed by atoms with Gasteiger partial charge in [-0.05, 0) is 29.1 Å². The van der Waals surface area contributed by atoms with Crippen LogP contribution in [-0.4, -0.2) is 0 Å². The number of hydrogen-bond acceptors (Lipinski definition) is 0. The molecule has 0 aromatic heterocycles. The summed E-state index contributed by atoms with van der Waals surface area (Å²) in [5.41, 5.74) is 0.854. The lowest BCUT2D eigenvalue weighted by Crippen LogP contribution is -2.32. The lowest BCUT2D eigenvalue weighted by molar-refractivity contribution is 0.0882. The normalized spacial score (nSPS) is 16.4. The number of hydrogen-bond donors (Lipinski definition) is 0. The van der Waals surface area contributed by atoms with Crippen LogP contribution in [0.2, 0.25) is 0 Å². The van der Waals surface area contributed by atoms with Gasteiger partial charge in [-0.25, -0.2) is 0 Å². The standard InChI is InChI=1S/C13H28/c1-10(2)11(3)9-13(7,8)12(4,5)6/h10-11H,9H2,1-8H3. The average Bonchev–Trinajstić information content (AvgIpc) is 1.83. The average molecular weight is 184 g/mol. The van der Waals surface area contributed by atoms with Crippen molar-refractivity contribution in [3.63, 3.8) is 0 Å². The van der Waals surface area contributed by atoms with Crippen LogP contribution in [0.25, 0.3) is 0 Å². The van der Waals surface area contributed by atoms with E-state index in [0.717, 1.165) is 11.8 Å². The largest absolute Gasteiger partial charge is 0.0625 e. The second-order valence-corrected chi connectivity index (χ2v) is 6.56. The molecule has 0 aromatic carbocycles. The van der Waals surface area contributed by atoms with Crippen molar-refractivity contribution in [1.82, 2.24) is 0 Å². The van der Waals surface area contributed by atoms with Crippen molar-refractivity contribution in [3.8, 4) is 0 Å². The highest BCUT2D eigenvalue weighted by atomic mass is 14.4. The maximum Gasteiger partial charge on any atom is -0.0303 e. The lowest BCUT2D eigenvalue weighted by atomic mass is 9.64. The Balaban J connectivity index is 4.34. The highest BCUT2D eigenvalue weighted by Crippen LogP contribution is 2.43. The van der Waals surface area contributed by atoms with E-state index in [0.29, 0.717) is 10.8 Å². The van der Waals surface area contributed by atoms with Gasteiger partial charge in [0, 0.05) is 0 Å². The lowest BCUT2D eigenvalue weighted by Gasteiger charge is -2.41. The first kappa shape index (κ1) is 13.0. The molecule has 0 rings (SSSR count). The molecule has 13 heavy (non-hydrogen) atoms. The van der Waals surface area contributed by atoms with Crippen molar-refractivity contribution in [3.05, 3.63) is 0 Å². The molecule has 0 bridgehead atoms. The summed E-state index contributed by atoms with van der Waals surface area (Å²) < 4.78 is 0. The van der Waals surface area contributed by atoms with Gasteiger partial charge in [-0.3, -0.25) is 0 Å². The summed E-state index contributed by atoms with van der Waals surface area (Å²) in [6, 6.07) is 0. The first-order valence-corrected chi connectivity index (χ1v) is 5.58. The van der Waals surface area contributed by atoms with Crippen LogP contribution in [-0.2, 0) is 0 Å². The summed E-state index contributed by atoms with van der Waals surface area (Å²) in [4.78, 5) is 0. The van der Waals surface area contributed by atoms with E-state index in [1.54, 1.807) is 0 Å². The molecule has 0 heteroatoms. The van der Waals surface area contributed by atoms with Crippen molar-refractivity contribution in [2.75, 3.05) is 0 Å². The van der Waals surface area contributed by atoms with Gasteiger partial charge < -0.3 is 0 Å². The molecule has 0 aromatic rings. The van der Waals surface area contributed by atoms with Crippen LogP contribution in [0, 0.1) is 22.7 Å². The van der Waals surface area contributed by atoms with E-state index in [9.17, 15) is 0 Å². The molecule has 0 radical (unpaired) electrons. The highest BCUT2D eigenvalue weighted by Gasteiger charge is 2.34. The fourth-order valence-corrected chi connectivity index (χ4v) is 1.35. The van der Waals surface area contributed by atoms with E-state index < -0.39 is 0 Å². The predicted molar refractivity (Wildman–Crippen MR) is 61.9 cm³/mol. The Labute approximate surface area is 85.1 Å². The summed E-state index contributed by atoms with van der Waals surface area (Å²) in [5, 5.41) is 0. The van der Waals surface area contributed by atoms with Crippen molar-refractivity contribution in [1.29, 1.82) is 0 Å². The molecule has 1 atom stereocenters. The Bertz CT molecular complexity index is 146. The van der Waals surface area contributed by atoms with Crippen LogP contribution in [0.3, 0.4) is 0 Å². The van der Waals surface area contributed by atoms with Gasteiger partial charge in [0.25, 0.3) is 0 Å². The van der Waals surface area contributed by atoms with Gasteiger partial charge in [0.05, 0.1) is 0 Å². The fraction of sp³-hybridized carbons (Fsp3) is 1.00. The topological polar surface area (TPSA) is 0 Å². The van der Waals surface area contributed by atoms with E-state index in [2.05, 4.69) is 55.4 Å². The summed E-state index contributed by atoms with van der Waals surface area (Å²) >= 11 is 0. The van der Waals surface area contributed by atoms with Gasteiger partial charge in [-0.2, -0.15) is 0 Å². The maximum atomic E-state index is 2.39. The molecule has 0 amide bonds. The molecule has 0 spiro atoms. The Morgan fingerprint density at radius 2 is 1.23 bits per heavy atom. The summed E-state index contributed by atoms with van der Waals surface area (Å²) in [6.45, 7) is 18.9. The van der Waals surface area contributed by atoms with E-state index in [1.807, 2.05) is 0 Å². The summed E-state index contributed by atoms with van der Waals surface area (Å²) in [5.74, 6) is 1.64. The Morgan fingerprint density at radius 3 is 1.46 bits per heavy atom. The van der Waals surface area contributed by atoms with E-state index in [-0.39, 0.29) is 0 Å². The molecule has 0 saturated carbocycles. The molecular weight excluding hydrogens is 156 g/mol. The minimum absolute atomic E-state index is 0.413. The van der Waals surface area contributed by atoms with Crippen molar-refractivity contribution in [2.45, 2.75) is 61.8 Å². The molecule has 0 fully saturated rings. The third-order valence-corrected chi connectivity index (χ3v) is 4.00. The van der Waals surface area contributed by atoms with Gasteiger partial charge in [-0.1, -0.05) is 55.4 Å². The van der Waals surface area contributed by atoms with E-state index in [1.165, 1.54) is 6.42 Å². The van der Waals surface area contributed by atoms with Gasteiger partial charge >= 0.3 is 0 Å². The van der Waals surface area contributed by atoms with Gasteiger partial charge in [0.15, 0.2) is 0 Å². The first-order valence-electron chi connectivity index (χ1n) is 5.58. The van der Waals surface area contributed by atoms with Gasteiger partial charge in [0.2, 0.25) is 0 Å². The molecule has 0 aliphatic rings. The van der Waals surface area contributed by atoms with Gasteiger partial charge in [0.1, 0.15) is 0 Å². The van der Waals surface area contributed by atoms with Crippen LogP contribution in [0.15, 0.2) is 0 Å². The molecule has 80 valence electrons. The smallest absolute Gasteiger partial charge is 0.0303 e. The predicted octanol–water partition coefficient (Wildman–Crippen LogP) is 4.74. The second-order valence-electron chi connectivity index (χ2n) is 6.56. The zero-order chi connectivity index (χ0) is 10.9. The summed E-state index contributed by atoms with van der Waals surface area (Å²) in [6.07, 6.45) is 1.33.